The zero-order valence-corrected chi connectivity index (χ0v) is 12.4. The van der Waals surface area contributed by atoms with E-state index in [0.29, 0.717) is 29.3 Å². The first-order valence-corrected chi connectivity index (χ1v) is 7.28. The molecule has 0 atom stereocenters. The van der Waals surface area contributed by atoms with Crippen molar-refractivity contribution in [3.63, 3.8) is 0 Å². The average Bonchev–Trinajstić information content (AvgIpc) is 2.82. The molecule has 0 unspecified atom stereocenters. The van der Waals surface area contributed by atoms with Crippen LogP contribution in [0.2, 0.25) is 0 Å². The Balaban J connectivity index is 1.88. The average molecular weight is 304 g/mol. The molecule has 2 amide bonds. The Bertz CT molecular complexity index is 654. The number of anilines is 3. The molecule has 0 saturated carbocycles. The molecule has 0 bridgehead atoms. The summed E-state index contributed by atoms with van der Waals surface area (Å²) >= 11 is 1.36. The fourth-order valence-corrected chi connectivity index (χ4v) is 2.38. The van der Waals surface area contributed by atoms with Crippen molar-refractivity contribution >= 4 is 39.7 Å². The standard InChI is InChI=1S/C14H16N4O2S/c1-9(19)16-10-3-2-4-11(7-10)17-13(20)6-5-12-8-21-14(15)18-12/h2-4,7-8H,5-6H2,1H3,(H2,15,18)(H,16,19)(H,17,20). The molecule has 0 aliphatic carbocycles. The first-order valence-electron chi connectivity index (χ1n) is 6.40. The van der Waals surface area contributed by atoms with Gasteiger partial charge < -0.3 is 16.4 Å². The van der Waals surface area contributed by atoms with E-state index < -0.39 is 0 Å². The Hall–Kier alpha value is -2.41. The minimum absolute atomic E-state index is 0.110. The lowest BCUT2D eigenvalue weighted by Crippen LogP contribution is -2.13. The largest absolute Gasteiger partial charge is 0.375 e. The Labute approximate surface area is 126 Å². The minimum Gasteiger partial charge on any atom is -0.375 e. The number of nitrogens with two attached hydrogens (primary N) is 1. The van der Waals surface area contributed by atoms with Crippen LogP contribution in [0, 0.1) is 0 Å². The quantitative estimate of drug-likeness (QED) is 0.789. The van der Waals surface area contributed by atoms with Gasteiger partial charge in [-0.05, 0) is 24.6 Å². The number of benzene rings is 1. The predicted octanol–water partition coefficient (Wildman–Crippen LogP) is 2.25. The summed E-state index contributed by atoms with van der Waals surface area (Å²) in [4.78, 5) is 27.0. The molecule has 0 radical (unpaired) electrons. The SMILES string of the molecule is CC(=O)Nc1cccc(NC(=O)CCc2csc(N)n2)c1. The number of thiazole rings is 1. The number of nitrogens with zero attached hydrogens (tertiary/aromatic N) is 1. The molecular formula is C14H16N4O2S. The van der Waals surface area contributed by atoms with Gasteiger partial charge in [0.1, 0.15) is 0 Å². The van der Waals surface area contributed by atoms with E-state index in [1.54, 1.807) is 24.3 Å². The molecule has 0 spiro atoms. The molecule has 0 aliphatic heterocycles. The molecule has 2 aromatic rings. The van der Waals surface area contributed by atoms with Crippen LogP contribution in [0.4, 0.5) is 16.5 Å². The monoisotopic (exact) mass is 304 g/mol. The number of nitrogens with one attached hydrogen (secondary N) is 2. The zero-order valence-electron chi connectivity index (χ0n) is 11.6. The van der Waals surface area contributed by atoms with Crippen molar-refractivity contribution in [2.75, 3.05) is 16.4 Å². The topological polar surface area (TPSA) is 97.1 Å². The number of carbonyl (C=O) groups excluding carboxylic acids is 2. The van der Waals surface area contributed by atoms with E-state index in [1.807, 2.05) is 5.38 Å². The maximum Gasteiger partial charge on any atom is 0.224 e. The van der Waals surface area contributed by atoms with Crippen LogP contribution in [0.15, 0.2) is 29.6 Å². The number of nitrogen functional groups attached to an aromatic ring is 1. The molecule has 0 saturated heterocycles. The number of hydrogen-bond donors (Lipinski definition) is 3. The molecule has 1 heterocycles. The molecule has 6 nitrogen and oxygen atoms in total. The first-order chi connectivity index (χ1) is 10.0. The molecule has 4 N–H and O–H groups in total. The van der Waals surface area contributed by atoms with Gasteiger partial charge in [-0.15, -0.1) is 11.3 Å². The van der Waals surface area contributed by atoms with Crippen molar-refractivity contribution in [1.29, 1.82) is 0 Å². The van der Waals surface area contributed by atoms with Crippen molar-refractivity contribution in [2.24, 2.45) is 0 Å². The van der Waals surface area contributed by atoms with E-state index >= 15 is 0 Å². The normalized spacial score (nSPS) is 10.1. The number of aryl methyl sites for hydroxylation is 1. The Kier molecular flexibility index (Phi) is 4.89. The van der Waals surface area contributed by atoms with Gasteiger partial charge in [0, 0.05) is 30.1 Å². The van der Waals surface area contributed by atoms with Gasteiger partial charge in [0.25, 0.3) is 0 Å². The lowest BCUT2D eigenvalue weighted by Gasteiger charge is -2.07. The molecule has 2 rings (SSSR count). The second-order valence-electron chi connectivity index (χ2n) is 4.49. The van der Waals surface area contributed by atoms with Crippen LogP contribution in [0.3, 0.4) is 0 Å². The van der Waals surface area contributed by atoms with E-state index in [4.69, 9.17) is 5.73 Å². The highest BCUT2D eigenvalue weighted by Gasteiger charge is 2.06. The predicted molar refractivity (Wildman–Crippen MR) is 84.2 cm³/mol. The lowest BCUT2D eigenvalue weighted by atomic mass is 10.2. The zero-order chi connectivity index (χ0) is 15.2. The Morgan fingerprint density at radius 3 is 2.62 bits per heavy atom. The van der Waals surface area contributed by atoms with Gasteiger partial charge in [0.05, 0.1) is 5.69 Å². The van der Waals surface area contributed by atoms with Gasteiger partial charge in [-0.2, -0.15) is 0 Å². The highest BCUT2D eigenvalue weighted by molar-refractivity contribution is 7.13. The molecule has 1 aromatic heterocycles. The second-order valence-corrected chi connectivity index (χ2v) is 5.38. The molecule has 0 aliphatic rings. The summed E-state index contributed by atoms with van der Waals surface area (Å²) in [5, 5.41) is 7.81. The van der Waals surface area contributed by atoms with Crippen LogP contribution < -0.4 is 16.4 Å². The van der Waals surface area contributed by atoms with Gasteiger partial charge in [-0.1, -0.05) is 6.07 Å². The van der Waals surface area contributed by atoms with Gasteiger partial charge >= 0.3 is 0 Å². The van der Waals surface area contributed by atoms with Gasteiger partial charge in [-0.25, -0.2) is 4.98 Å². The third kappa shape index (κ3) is 4.88. The van der Waals surface area contributed by atoms with E-state index in [1.165, 1.54) is 18.3 Å². The molecule has 1 aromatic carbocycles. The van der Waals surface area contributed by atoms with Gasteiger partial charge in [0.2, 0.25) is 11.8 Å². The van der Waals surface area contributed by atoms with Gasteiger partial charge in [-0.3, -0.25) is 9.59 Å². The van der Waals surface area contributed by atoms with E-state index in [0.717, 1.165) is 5.69 Å². The summed E-state index contributed by atoms with van der Waals surface area (Å²) in [5.74, 6) is -0.263. The van der Waals surface area contributed by atoms with Crippen LogP contribution in [0.5, 0.6) is 0 Å². The Morgan fingerprint density at radius 2 is 2.00 bits per heavy atom. The summed E-state index contributed by atoms with van der Waals surface area (Å²) in [6, 6.07) is 7.00. The molecular weight excluding hydrogens is 288 g/mol. The summed E-state index contributed by atoms with van der Waals surface area (Å²) in [5.41, 5.74) is 7.64. The van der Waals surface area contributed by atoms with Crippen LogP contribution >= 0.6 is 11.3 Å². The summed E-state index contributed by atoms with van der Waals surface area (Å²) < 4.78 is 0. The van der Waals surface area contributed by atoms with E-state index in [9.17, 15) is 9.59 Å². The first kappa shape index (κ1) is 15.0. The third-order valence-corrected chi connectivity index (χ3v) is 3.37. The maximum absolute atomic E-state index is 11.9. The fraction of sp³-hybridized carbons (Fsp3) is 0.214. The minimum atomic E-state index is -0.153. The van der Waals surface area contributed by atoms with E-state index in [-0.39, 0.29) is 11.8 Å². The third-order valence-electron chi connectivity index (χ3n) is 2.64. The van der Waals surface area contributed by atoms with Crippen LogP contribution in [-0.4, -0.2) is 16.8 Å². The molecule has 110 valence electrons. The highest BCUT2D eigenvalue weighted by Crippen LogP contribution is 2.16. The number of hydrogen-bond acceptors (Lipinski definition) is 5. The fourth-order valence-electron chi connectivity index (χ4n) is 1.78. The summed E-state index contributed by atoms with van der Waals surface area (Å²) in [6.07, 6.45) is 0.873. The second kappa shape index (κ2) is 6.85. The number of carbonyl (C=O) groups is 2. The van der Waals surface area contributed by atoms with Crippen molar-refractivity contribution in [2.45, 2.75) is 19.8 Å². The van der Waals surface area contributed by atoms with Crippen LogP contribution in [0.25, 0.3) is 0 Å². The molecule has 7 heteroatoms. The summed E-state index contributed by atoms with van der Waals surface area (Å²) in [7, 11) is 0. The van der Waals surface area contributed by atoms with Crippen LogP contribution in [0.1, 0.15) is 19.0 Å². The Morgan fingerprint density at radius 1 is 1.29 bits per heavy atom. The smallest absolute Gasteiger partial charge is 0.224 e. The maximum atomic E-state index is 11.9. The number of aromatic nitrogens is 1. The number of rotatable bonds is 5. The van der Waals surface area contributed by atoms with Crippen molar-refractivity contribution in [3.05, 3.63) is 35.3 Å². The van der Waals surface area contributed by atoms with Crippen LogP contribution in [-0.2, 0) is 16.0 Å². The summed E-state index contributed by atoms with van der Waals surface area (Å²) in [6.45, 7) is 1.44. The lowest BCUT2D eigenvalue weighted by molar-refractivity contribution is -0.116. The molecule has 21 heavy (non-hydrogen) atoms. The van der Waals surface area contributed by atoms with Crippen molar-refractivity contribution in [1.82, 2.24) is 4.98 Å². The van der Waals surface area contributed by atoms with Crippen molar-refractivity contribution < 1.29 is 9.59 Å². The number of amides is 2. The van der Waals surface area contributed by atoms with Gasteiger partial charge in [0.15, 0.2) is 5.13 Å². The highest BCUT2D eigenvalue weighted by atomic mass is 32.1. The van der Waals surface area contributed by atoms with E-state index in [2.05, 4.69) is 15.6 Å². The molecule has 0 fully saturated rings. The van der Waals surface area contributed by atoms with Crippen molar-refractivity contribution in [3.8, 4) is 0 Å².